The van der Waals surface area contributed by atoms with Crippen LogP contribution in [0.2, 0.25) is 0 Å². The van der Waals surface area contributed by atoms with Gasteiger partial charge in [0.2, 0.25) is 0 Å². The summed E-state index contributed by atoms with van der Waals surface area (Å²) in [7, 11) is 2.01. The van der Waals surface area contributed by atoms with E-state index in [1.54, 1.807) is 0 Å². The SMILES string of the molecule is CC(C#N)N(C)C1CC(C)(C)OC1(C)C. The molecule has 15 heavy (non-hydrogen) atoms. The van der Waals surface area contributed by atoms with Crippen LogP contribution in [-0.4, -0.2) is 35.2 Å². The van der Waals surface area contributed by atoms with Gasteiger partial charge in [0.1, 0.15) is 0 Å². The molecule has 0 bridgehead atoms. The zero-order chi connectivity index (χ0) is 11.9. The lowest BCUT2D eigenvalue weighted by atomic mass is 9.92. The molecule has 0 spiro atoms. The summed E-state index contributed by atoms with van der Waals surface area (Å²) in [6, 6.07) is 2.52. The average molecular weight is 210 g/mol. The second-order valence-corrected chi connectivity index (χ2v) is 5.66. The van der Waals surface area contributed by atoms with Crippen LogP contribution in [-0.2, 0) is 4.74 Å². The van der Waals surface area contributed by atoms with Crippen LogP contribution < -0.4 is 0 Å². The maximum atomic E-state index is 8.93. The van der Waals surface area contributed by atoms with Crippen molar-refractivity contribution in [3.63, 3.8) is 0 Å². The molecule has 3 nitrogen and oxygen atoms in total. The van der Waals surface area contributed by atoms with Crippen LogP contribution in [0, 0.1) is 11.3 Å². The minimum absolute atomic E-state index is 0.0632. The number of hydrogen-bond acceptors (Lipinski definition) is 3. The Kier molecular flexibility index (Phi) is 3.14. The molecule has 1 heterocycles. The summed E-state index contributed by atoms with van der Waals surface area (Å²) in [5, 5.41) is 8.93. The lowest BCUT2D eigenvalue weighted by molar-refractivity contribution is -0.0797. The van der Waals surface area contributed by atoms with E-state index >= 15 is 0 Å². The van der Waals surface area contributed by atoms with Gasteiger partial charge < -0.3 is 4.74 Å². The van der Waals surface area contributed by atoms with Gasteiger partial charge in [-0.15, -0.1) is 0 Å². The minimum atomic E-state index is -0.177. The van der Waals surface area contributed by atoms with Crippen LogP contribution >= 0.6 is 0 Å². The third kappa shape index (κ3) is 2.50. The lowest BCUT2D eigenvalue weighted by Crippen LogP contribution is -2.47. The molecule has 0 aromatic heterocycles. The molecule has 86 valence electrons. The van der Waals surface area contributed by atoms with Gasteiger partial charge in [-0.2, -0.15) is 5.26 Å². The van der Waals surface area contributed by atoms with Crippen molar-refractivity contribution in [1.82, 2.24) is 4.90 Å². The first-order valence-electron chi connectivity index (χ1n) is 5.51. The van der Waals surface area contributed by atoms with Gasteiger partial charge in [0, 0.05) is 6.04 Å². The van der Waals surface area contributed by atoms with E-state index in [2.05, 4.69) is 38.7 Å². The summed E-state index contributed by atoms with van der Waals surface area (Å²) in [5.74, 6) is 0. The fraction of sp³-hybridized carbons (Fsp3) is 0.917. The van der Waals surface area contributed by atoms with E-state index in [9.17, 15) is 0 Å². The van der Waals surface area contributed by atoms with Crippen molar-refractivity contribution in [2.45, 2.75) is 64.3 Å². The molecule has 1 aliphatic heterocycles. The zero-order valence-corrected chi connectivity index (χ0v) is 10.7. The molecule has 0 N–H and O–H groups in total. The number of nitrogens with zero attached hydrogens (tertiary/aromatic N) is 2. The number of hydrogen-bond donors (Lipinski definition) is 0. The molecule has 2 unspecified atom stereocenters. The second kappa shape index (κ2) is 3.77. The third-order valence-corrected chi connectivity index (χ3v) is 3.32. The van der Waals surface area contributed by atoms with E-state index < -0.39 is 0 Å². The van der Waals surface area contributed by atoms with Crippen molar-refractivity contribution < 1.29 is 4.74 Å². The van der Waals surface area contributed by atoms with Crippen LogP contribution in [0.15, 0.2) is 0 Å². The van der Waals surface area contributed by atoms with E-state index in [1.807, 2.05) is 14.0 Å². The Morgan fingerprint density at radius 2 is 1.93 bits per heavy atom. The summed E-state index contributed by atoms with van der Waals surface area (Å²) in [6.07, 6.45) is 0.975. The van der Waals surface area contributed by atoms with Gasteiger partial charge in [0.25, 0.3) is 0 Å². The molecule has 0 amide bonds. The van der Waals surface area contributed by atoms with Crippen molar-refractivity contribution in [2.24, 2.45) is 0 Å². The first kappa shape index (κ1) is 12.5. The van der Waals surface area contributed by atoms with Crippen LogP contribution in [0.4, 0.5) is 0 Å². The highest BCUT2D eigenvalue weighted by molar-refractivity contribution is 5.02. The summed E-state index contributed by atoms with van der Waals surface area (Å²) < 4.78 is 6.01. The van der Waals surface area contributed by atoms with Crippen molar-refractivity contribution in [3.05, 3.63) is 0 Å². The number of nitriles is 1. The number of rotatable bonds is 2. The van der Waals surface area contributed by atoms with Gasteiger partial charge in [-0.05, 0) is 48.1 Å². The number of likely N-dealkylation sites (N-methyl/N-ethyl adjacent to an activating group) is 1. The fourth-order valence-electron chi connectivity index (χ4n) is 2.53. The van der Waals surface area contributed by atoms with E-state index in [0.29, 0.717) is 6.04 Å². The molecular weight excluding hydrogens is 188 g/mol. The Morgan fingerprint density at radius 3 is 2.27 bits per heavy atom. The molecule has 1 saturated heterocycles. The van der Waals surface area contributed by atoms with Crippen molar-refractivity contribution in [1.29, 1.82) is 5.26 Å². The standard InChI is InChI=1S/C12H22N2O/c1-9(8-13)14(6)10-7-11(2,3)15-12(10,4)5/h9-10H,7H2,1-6H3. The minimum Gasteiger partial charge on any atom is -0.368 e. The molecular formula is C12H22N2O. The van der Waals surface area contributed by atoms with Gasteiger partial charge >= 0.3 is 0 Å². The van der Waals surface area contributed by atoms with Gasteiger partial charge in [0.05, 0.1) is 23.3 Å². The first-order valence-corrected chi connectivity index (χ1v) is 5.51. The van der Waals surface area contributed by atoms with Crippen molar-refractivity contribution in [3.8, 4) is 6.07 Å². The molecule has 0 aromatic rings. The zero-order valence-electron chi connectivity index (χ0n) is 10.7. The van der Waals surface area contributed by atoms with E-state index in [1.165, 1.54) is 0 Å². The van der Waals surface area contributed by atoms with Crippen LogP contribution in [0.5, 0.6) is 0 Å². The van der Waals surface area contributed by atoms with E-state index in [-0.39, 0.29) is 17.2 Å². The van der Waals surface area contributed by atoms with E-state index in [0.717, 1.165) is 6.42 Å². The highest BCUT2D eigenvalue weighted by Crippen LogP contribution is 2.40. The maximum absolute atomic E-state index is 8.93. The molecule has 0 saturated carbocycles. The van der Waals surface area contributed by atoms with Crippen molar-refractivity contribution in [2.75, 3.05) is 7.05 Å². The summed E-state index contributed by atoms with van der Waals surface area (Å²) in [5.41, 5.74) is -0.263. The van der Waals surface area contributed by atoms with Gasteiger partial charge in [-0.1, -0.05) is 0 Å². The summed E-state index contributed by atoms with van der Waals surface area (Å²) in [4.78, 5) is 2.12. The molecule has 1 aliphatic rings. The van der Waals surface area contributed by atoms with Crippen molar-refractivity contribution >= 4 is 0 Å². The van der Waals surface area contributed by atoms with E-state index in [4.69, 9.17) is 10.00 Å². The predicted molar refractivity (Wildman–Crippen MR) is 60.5 cm³/mol. The Labute approximate surface area is 93.0 Å². The van der Waals surface area contributed by atoms with Crippen LogP contribution in [0.1, 0.15) is 41.0 Å². The fourth-order valence-corrected chi connectivity index (χ4v) is 2.53. The van der Waals surface area contributed by atoms with Gasteiger partial charge in [-0.25, -0.2) is 0 Å². The lowest BCUT2D eigenvalue weighted by Gasteiger charge is -2.34. The molecule has 3 heteroatoms. The Balaban J connectivity index is 2.84. The van der Waals surface area contributed by atoms with Crippen LogP contribution in [0.25, 0.3) is 0 Å². The molecule has 0 aliphatic carbocycles. The molecule has 1 rings (SSSR count). The quantitative estimate of drug-likeness (QED) is 0.701. The summed E-state index contributed by atoms with van der Waals surface area (Å²) in [6.45, 7) is 10.4. The second-order valence-electron chi connectivity index (χ2n) is 5.66. The normalized spacial score (nSPS) is 30.1. The van der Waals surface area contributed by atoms with Gasteiger partial charge in [-0.3, -0.25) is 4.90 Å². The molecule has 2 atom stereocenters. The Bertz CT molecular complexity index is 278. The molecule has 0 radical (unpaired) electrons. The maximum Gasteiger partial charge on any atom is 0.0950 e. The monoisotopic (exact) mass is 210 g/mol. The summed E-state index contributed by atoms with van der Waals surface area (Å²) >= 11 is 0. The first-order chi connectivity index (χ1) is 6.69. The largest absolute Gasteiger partial charge is 0.368 e. The average Bonchev–Trinajstić information content (AvgIpc) is 2.31. The smallest absolute Gasteiger partial charge is 0.0950 e. The van der Waals surface area contributed by atoms with Crippen LogP contribution in [0.3, 0.4) is 0 Å². The topological polar surface area (TPSA) is 36.3 Å². The highest BCUT2D eigenvalue weighted by Gasteiger charge is 2.48. The Hall–Kier alpha value is -0.590. The molecule has 0 aromatic carbocycles. The predicted octanol–water partition coefficient (Wildman–Crippen LogP) is 2.18. The number of ether oxygens (including phenoxy) is 1. The molecule has 1 fully saturated rings. The third-order valence-electron chi connectivity index (χ3n) is 3.32. The van der Waals surface area contributed by atoms with Gasteiger partial charge in [0.15, 0.2) is 0 Å². The Morgan fingerprint density at radius 1 is 1.40 bits per heavy atom. The highest BCUT2D eigenvalue weighted by atomic mass is 16.5.